The van der Waals surface area contributed by atoms with Crippen molar-refractivity contribution in [3.05, 3.63) is 94.0 Å². The maximum atomic E-state index is 12.3. The zero-order valence-corrected chi connectivity index (χ0v) is 15.5. The number of nitrogens with one attached hydrogen (secondary N) is 1. The van der Waals surface area contributed by atoms with E-state index in [0.717, 1.165) is 5.75 Å². The quantitative estimate of drug-likeness (QED) is 0.503. The third-order valence-corrected chi connectivity index (χ3v) is 5.36. The molecule has 25 heavy (non-hydrogen) atoms. The van der Waals surface area contributed by atoms with Crippen LogP contribution in [0.2, 0.25) is 10.0 Å². The Morgan fingerprint density at radius 1 is 0.880 bits per heavy atom. The highest BCUT2D eigenvalue weighted by molar-refractivity contribution is 7.98. The van der Waals surface area contributed by atoms with Gasteiger partial charge in [0.05, 0.1) is 10.0 Å². The molecule has 0 fully saturated rings. The van der Waals surface area contributed by atoms with Crippen LogP contribution in [0.25, 0.3) is 0 Å². The van der Waals surface area contributed by atoms with Crippen LogP contribution in [0, 0.1) is 0 Å². The van der Waals surface area contributed by atoms with Crippen LogP contribution >= 0.6 is 35.0 Å². The SMILES string of the molecule is O=C(Nc1ccc(Cl)c(Cl)c1)c1ccc(CSc2ccccc2)cc1. The molecule has 0 bridgehead atoms. The summed E-state index contributed by atoms with van der Waals surface area (Å²) in [5, 5.41) is 3.68. The molecule has 0 heterocycles. The maximum Gasteiger partial charge on any atom is 0.255 e. The Hall–Kier alpha value is -1.94. The molecule has 3 aromatic rings. The fourth-order valence-corrected chi connectivity index (χ4v) is 3.39. The van der Waals surface area contributed by atoms with Crippen molar-refractivity contribution in [2.75, 3.05) is 5.32 Å². The fourth-order valence-electron chi connectivity index (χ4n) is 2.21. The van der Waals surface area contributed by atoms with Crippen molar-refractivity contribution in [1.82, 2.24) is 0 Å². The predicted octanol–water partition coefficient (Wildman–Crippen LogP) is 6.54. The Morgan fingerprint density at radius 3 is 2.28 bits per heavy atom. The number of hydrogen-bond acceptors (Lipinski definition) is 2. The standard InChI is InChI=1S/C20H15Cl2NOS/c21-18-11-10-16(12-19(18)22)23-20(24)15-8-6-14(7-9-15)13-25-17-4-2-1-3-5-17/h1-12H,13H2,(H,23,24). The van der Waals surface area contributed by atoms with E-state index in [1.807, 2.05) is 42.5 Å². The molecule has 0 aromatic heterocycles. The molecule has 0 aliphatic rings. The summed E-state index contributed by atoms with van der Waals surface area (Å²) in [5.41, 5.74) is 2.38. The molecular formula is C20H15Cl2NOS. The van der Waals surface area contributed by atoms with Gasteiger partial charge >= 0.3 is 0 Å². The molecule has 1 amide bonds. The van der Waals surface area contributed by atoms with Crippen LogP contribution in [0.4, 0.5) is 5.69 Å². The van der Waals surface area contributed by atoms with Crippen LogP contribution in [0.3, 0.4) is 0 Å². The normalized spacial score (nSPS) is 10.5. The molecule has 1 N–H and O–H groups in total. The van der Waals surface area contributed by atoms with Gasteiger partial charge in [0.25, 0.3) is 5.91 Å². The van der Waals surface area contributed by atoms with E-state index in [4.69, 9.17) is 23.2 Å². The molecule has 0 aliphatic carbocycles. The highest BCUT2D eigenvalue weighted by Gasteiger charge is 2.07. The molecule has 2 nitrogen and oxygen atoms in total. The van der Waals surface area contributed by atoms with Gasteiger partial charge in [0, 0.05) is 21.9 Å². The first kappa shape index (κ1) is 17.9. The molecule has 3 rings (SSSR count). The lowest BCUT2D eigenvalue weighted by Crippen LogP contribution is -2.11. The van der Waals surface area contributed by atoms with Crippen LogP contribution < -0.4 is 5.32 Å². The maximum absolute atomic E-state index is 12.3. The second-order valence-corrected chi connectivity index (χ2v) is 7.24. The number of benzene rings is 3. The van der Waals surface area contributed by atoms with Crippen molar-refractivity contribution < 1.29 is 4.79 Å². The molecule has 0 unspecified atom stereocenters. The largest absolute Gasteiger partial charge is 0.322 e. The lowest BCUT2D eigenvalue weighted by atomic mass is 10.1. The highest BCUT2D eigenvalue weighted by atomic mass is 35.5. The lowest BCUT2D eigenvalue weighted by molar-refractivity contribution is 0.102. The van der Waals surface area contributed by atoms with Gasteiger partial charge in [0.1, 0.15) is 0 Å². The number of halogens is 2. The van der Waals surface area contributed by atoms with E-state index in [9.17, 15) is 4.79 Å². The Morgan fingerprint density at radius 2 is 1.60 bits per heavy atom. The number of carbonyl (C=O) groups is 1. The zero-order chi connectivity index (χ0) is 17.6. The predicted molar refractivity (Wildman–Crippen MR) is 107 cm³/mol. The van der Waals surface area contributed by atoms with Crippen LogP contribution in [0.5, 0.6) is 0 Å². The van der Waals surface area contributed by atoms with E-state index in [-0.39, 0.29) is 5.91 Å². The van der Waals surface area contributed by atoms with Gasteiger partial charge < -0.3 is 5.32 Å². The van der Waals surface area contributed by atoms with Crippen molar-refractivity contribution in [3.8, 4) is 0 Å². The molecular weight excluding hydrogens is 373 g/mol. The van der Waals surface area contributed by atoms with Gasteiger partial charge in [-0.05, 0) is 48.0 Å². The third-order valence-electron chi connectivity index (χ3n) is 3.54. The van der Waals surface area contributed by atoms with Crippen molar-refractivity contribution in [2.24, 2.45) is 0 Å². The summed E-state index contributed by atoms with van der Waals surface area (Å²) < 4.78 is 0. The summed E-state index contributed by atoms with van der Waals surface area (Å²) >= 11 is 13.6. The van der Waals surface area contributed by atoms with Crippen molar-refractivity contribution in [2.45, 2.75) is 10.6 Å². The van der Waals surface area contributed by atoms with Gasteiger partial charge in [-0.2, -0.15) is 0 Å². The van der Waals surface area contributed by atoms with Gasteiger partial charge in [-0.3, -0.25) is 4.79 Å². The minimum atomic E-state index is -0.180. The van der Waals surface area contributed by atoms with Gasteiger partial charge in [-0.1, -0.05) is 53.5 Å². The number of anilines is 1. The van der Waals surface area contributed by atoms with E-state index in [1.165, 1.54) is 10.5 Å². The molecule has 5 heteroatoms. The van der Waals surface area contributed by atoms with E-state index in [1.54, 1.807) is 30.0 Å². The Kier molecular flexibility index (Phi) is 6.03. The summed E-state index contributed by atoms with van der Waals surface area (Å²) in [7, 11) is 0. The van der Waals surface area contributed by atoms with Gasteiger partial charge in [-0.15, -0.1) is 11.8 Å². The van der Waals surface area contributed by atoms with Gasteiger partial charge in [0.15, 0.2) is 0 Å². The Balaban J connectivity index is 1.61. The Bertz CT molecular complexity index is 867. The summed E-state index contributed by atoms with van der Waals surface area (Å²) in [6.45, 7) is 0. The number of thioether (sulfide) groups is 1. The first-order valence-electron chi connectivity index (χ1n) is 7.65. The molecule has 0 saturated heterocycles. The second-order valence-electron chi connectivity index (χ2n) is 5.38. The number of rotatable bonds is 5. The van der Waals surface area contributed by atoms with E-state index < -0.39 is 0 Å². The molecule has 0 aliphatic heterocycles. The van der Waals surface area contributed by atoms with Gasteiger partial charge in [-0.25, -0.2) is 0 Å². The number of hydrogen-bond donors (Lipinski definition) is 1. The smallest absolute Gasteiger partial charge is 0.255 e. The van der Waals surface area contributed by atoms with Crippen LogP contribution in [0.1, 0.15) is 15.9 Å². The second kappa shape index (κ2) is 8.43. The minimum Gasteiger partial charge on any atom is -0.322 e. The summed E-state index contributed by atoms with van der Waals surface area (Å²) in [6, 6.07) is 22.8. The molecule has 3 aromatic carbocycles. The van der Waals surface area contributed by atoms with Crippen LogP contribution in [-0.4, -0.2) is 5.91 Å². The molecule has 126 valence electrons. The first-order valence-corrected chi connectivity index (χ1v) is 9.39. The van der Waals surface area contributed by atoms with E-state index in [0.29, 0.717) is 21.3 Å². The highest BCUT2D eigenvalue weighted by Crippen LogP contribution is 2.26. The van der Waals surface area contributed by atoms with Crippen molar-refractivity contribution in [1.29, 1.82) is 0 Å². The lowest BCUT2D eigenvalue weighted by Gasteiger charge is -2.07. The number of amides is 1. The van der Waals surface area contributed by atoms with Crippen LogP contribution in [0.15, 0.2) is 77.7 Å². The van der Waals surface area contributed by atoms with Crippen molar-refractivity contribution >= 4 is 46.6 Å². The average molecular weight is 388 g/mol. The van der Waals surface area contributed by atoms with E-state index in [2.05, 4.69) is 17.4 Å². The molecule has 0 atom stereocenters. The zero-order valence-electron chi connectivity index (χ0n) is 13.2. The Labute approximate surface area is 161 Å². The fraction of sp³-hybridized carbons (Fsp3) is 0.0500. The van der Waals surface area contributed by atoms with Gasteiger partial charge in [0.2, 0.25) is 0 Å². The summed E-state index contributed by atoms with van der Waals surface area (Å²) in [6.07, 6.45) is 0. The molecule has 0 spiro atoms. The minimum absolute atomic E-state index is 0.180. The molecule has 0 saturated carbocycles. The summed E-state index contributed by atoms with van der Waals surface area (Å²) in [5.74, 6) is 0.680. The third kappa shape index (κ3) is 5.02. The monoisotopic (exact) mass is 387 g/mol. The summed E-state index contributed by atoms with van der Waals surface area (Å²) in [4.78, 5) is 13.5. The number of carbonyl (C=O) groups excluding carboxylic acids is 1. The molecule has 0 radical (unpaired) electrons. The van der Waals surface area contributed by atoms with Crippen molar-refractivity contribution in [3.63, 3.8) is 0 Å². The first-order chi connectivity index (χ1) is 12.1. The topological polar surface area (TPSA) is 29.1 Å². The van der Waals surface area contributed by atoms with Crippen LogP contribution in [-0.2, 0) is 5.75 Å². The average Bonchev–Trinajstić information content (AvgIpc) is 2.64. The van der Waals surface area contributed by atoms with E-state index >= 15 is 0 Å².